The van der Waals surface area contributed by atoms with Crippen LogP contribution in [0.4, 0.5) is 0 Å². The molecular weight excluding hydrogens is 473 g/mol. The molecule has 1 saturated carbocycles. The molecule has 17 nitrogen and oxygen atoms in total. The molecule has 1 fully saturated rings. The van der Waals surface area contributed by atoms with Gasteiger partial charge >= 0.3 is 23.5 Å². The first-order valence-corrected chi connectivity index (χ1v) is 11.8. The average Bonchev–Trinajstić information content (AvgIpc) is 2.56. The lowest BCUT2D eigenvalue weighted by atomic mass is 9.85. The molecule has 29 heavy (non-hydrogen) atoms. The second kappa shape index (κ2) is 9.97. The minimum absolute atomic E-state index is 1.06. The number of carbonyl (C=O) groups is 1. The van der Waals surface area contributed by atoms with E-state index in [1.165, 1.54) is 0 Å². The third-order valence-corrected chi connectivity index (χ3v) is 5.36. The van der Waals surface area contributed by atoms with Gasteiger partial charge in [0.2, 0.25) is 0 Å². The molecular formula is C9H19O17P3. The Kier molecular flexibility index (Phi) is 9.24. The first kappa shape index (κ1) is 26.9. The topological polar surface area (TPSA) is 287 Å². The van der Waals surface area contributed by atoms with E-state index >= 15 is 0 Å². The van der Waals surface area contributed by atoms with Crippen molar-refractivity contribution in [3.8, 4) is 0 Å². The van der Waals surface area contributed by atoms with Crippen LogP contribution in [0.25, 0.3) is 0 Å². The summed E-state index contributed by atoms with van der Waals surface area (Å²) < 4.78 is 50.7. The van der Waals surface area contributed by atoms with Gasteiger partial charge in [-0.3, -0.25) is 22.9 Å². The fourth-order valence-electron chi connectivity index (χ4n) is 2.24. The molecule has 0 bridgehead atoms. The number of ketones is 1. The second-order valence-electron chi connectivity index (χ2n) is 5.60. The number of aliphatic hydroxyl groups is 4. The average molecular weight is 492 g/mol. The van der Waals surface area contributed by atoms with Gasteiger partial charge in [-0.2, -0.15) is 0 Å². The SMILES string of the molecule is O=C(CO)COP(=O)(O)OC1[C@H](O)[C@H](O)[C@@H](OP(=O)(O)O)[C@H](OP(=O)(O)O)[C@H]1O. The van der Waals surface area contributed by atoms with Gasteiger partial charge in [-0.15, -0.1) is 0 Å². The standard InChI is InChI=1S/C9H19O17P3/c10-1-3(11)2-23-29(21,22)26-7-4(12)5(13)8(24-27(15,16)17)9(6(7)14)25-28(18,19)20/h4-10,12-14H,1-2H2,(H,21,22)(H2,15,16,17)(H2,18,19,20)/t4-,5+,6+,7?,8-,9-/m1/s1. The molecule has 20 heteroatoms. The number of phosphoric ester groups is 3. The van der Waals surface area contributed by atoms with Crippen molar-refractivity contribution in [2.24, 2.45) is 0 Å². The zero-order valence-corrected chi connectivity index (χ0v) is 16.7. The van der Waals surface area contributed by atoms with Crippen molar-refractivity contribution < 1.29 is 81.5 Å². The van der Waals surface area contributed by atoms with Crippen molar-refractivity contribution in [2.45, 2.75) is 36.6 Å². The van der Waals surface area contributed by atoms with Crippen LogP contribution in [0, 0.1) is 0 Å². The zero-order chi connectivity index (χ0) is 22.8. The van der Waals surface area contributed by atoms with Gasteiger partial charge in [0.1, 0.15) is 49.8 Å². The summed E-state index contributed by atoms with van der Waals surface area (Å²) in [7, 11) is -16.2. The molecule has 2 unspecified atom stereocenters. The van der Waals surface area contributed by atoms with Gasteiger partial charge in [-0.1, -0.05) is 0 Å². The molecule has 1 aliphatic rings. The molecule has 1 aliphatic carbocycles. The van der Waals surface area contributed by atoms with Crippen molar-refractivity contribution in [3.63, 3.8) is 0 Å². The highest BCUT2D eigenvalue weighted by Crippen LogP contribution is 2.50. The monoisotopic (exact) mass is 492 g/mol. The maximum atomic E-state index is 11.8. The van der Waals surface area contributed by atoms with Gasteiger partial charge in [0, 0.05) is 0 Å². The van der Waals surface area contributed by atoms with Gasteiger partial charge in [0.25, 0.3) is 0 Å². The number of phosphoric acid groups is 3. The van der Waals surface area contributed by atoms with Gasteiger partial charge in [-0.25, -0.2) is 13.7 Å². The van der Waals surface area contributed by atoms with Crippen LogP contribution in [-0.4, -0.2) is 101 Å². The second-order valence-corrected chi connectivity index (χ2v) is 9.39. The minimum Gasteiger partial charge on any atom is -0.388 e. The predicted octanol–water partition coefficient (Wildman–Crippen LogP) is -3.90. The molecule has 0 saturated heterocycles. The van der Waals surface area contributed by atoms with Crippen LogP contribution in [0.3, 0.4) is 0 Å². The Balaban J connectivity index is 3.15. The number of aliphatic hydroxyl groups excluding tert-OH is 4. The third kappa shape index (κ3) is 8.47. The molecule has 0 aromatic rings. The number of Topliss-reactive ketones (excluding diaryl/α,β-unsaturated/α-hetero) is 1. The van der Waals surface area contributed by atoms with Crippen molar-refractivity contribution in [1.82, 2.24) is 0 Å². The van der Waals surface area contributed by atoms with Crippen LogP contribution in [0.15, 0.2) is 0 Å². The minimum atomic E-state index is -5.50. The normalized spacial score (nSPS) is 33.3. The molecule has 1 rings (SSSR count). The Morgan fingerprint density at radius 1 is 0.724 bits per heavy atom. The fraction of sp³-hybridized carbons (Fsp3) is 0.889. The van der Waals surface area contributed by atoms with Crippen molar-refractivity contribution in [2.75, 3.05) is 13.2 Å². The molecule has 0 aromatic heterocycles. The summed E-state index contributed by atoms with van der Waals surface area (Å²) in [6, 6.07) is 0. The summed E-state index contributed by atoms with van der Waals surface area (Å²) in [5.41, 5.74) is 0. The van der Waals surface area contributed by atoms with Crippen LogP contribution < -0.4 is 0 Å². The number of hydrogen-bond acceptors (Lipinski definition) is 12. The summed E-state index contributed by atoms with van der Waals surface area (Å²) in [5.74, 6) is -1.06. The van der Waals surface area contributed by atoms with Crippen LogP contribution in [-0.2, 0) is 36.6 Å². The molecule has 9 N–H and O–H groups in total. The summed E-state index contributed by atoms with van der Waals surface area (Å²) in [4.78, 5) is 55.9. The van der Waals surface area contributed by atoms with E-state index < -0.39 is 79.1 Å². The highest BCUT2D eigenvalue weighted by atomic mass is 31.2. The highest BCUT2D eigenvalue weighted by Gasteiger charge is 2.56. The Morgan fingerprint density at radius 2 is 1.14 bits per heavy atom. The molecule has 0 amide bonds. The van der Waals surface area contributed by atoms with E-state index in [2.05, 4.69) is 18.1 Å². The lowest BCUT2D eigenvalue weighted by molar-refractivity contribution is -0.212. The Labute approximate surface area is 161 Å². The molecule has 0 spiro atoms. The fourth-order valence-corrected chi connectivity index (χ4v) is 4.28. The molecule has 7 atom stereocenters. The molecule has 0 radical (unpaired) electrons. The highest BCUT2D eigenvalue weighted by molar-refractivity contribution is 7.47. The molecule has 0 heterocycles. The van der Waals surface area contributed by atoms with Gasteiger partial charge in [0.15, 0.2) is 5.78 Å². The van der Waals surface area contributed by atoms with Crippen molar-refractivity contribution >= 4 is 29.3 Å². The maximum Gasteiger partial charge on any atom is 0.473 e. The lowest BCUT2D eigenvalue weighted by Crippen LogP contribution is -2.65. The first-order chi connectivity index (χ1) is 13.0. The van der Waals surface area contributed by atoms with E-state index in [9.17, 15) is 38.7 Å². The Morgan fingerprint density at radius 3 is 1.55 bits per heavy atom. The largest absolute Gasteiger partial charge is 0.473 e. The Hall–Kier alpha value is -0.160. The lowest BCUT2D eigenvalue weighted by Gasteiger charge is -2.44. The van der Waals surface area contributed by atoms with Crippen molar-refractivity contribution in [3.05, 3.63) is 0 Å². The summed E-state index contributed by atoms with van der Waals surface area (Å²) in [5, 5.41) is 38.6. The summed E-state index contributed by atoms with van der Waals surface area (Å²) in [6.45, 7) is -2.20. The van der Waals surface area contributed by atoms with E-state index in [0.717, 1.165) is 0 Å². The predicted molar refractivity (Wildman–Crippen MR) is 84.6 cm³/mol. The zero-order valence-electron chi connectivity index (χ0n) is 14.0. The van der Waals surface area contributed by atoms with Crippen molar-refractivity contribution in [1.29, 1.82) is 0 Å². The number of carbonyl (C=O) groups excluding carboxylic acids is 1. The van der Waals surface area contributed by atoms with Crippen LogP contribution in [0.2, 0.25) is 0 Å². The first-order valence-electron chi connectivity index (χ1n) is 7.28. The molecule has 0 aliphatic heterocycles. The molecule has 0 aromatic carbocycles. The van der Waals surface area contributed by atoms with Crippen LogP contribution >= 0.6 is 23.5 Å². The van der Waals surface area contributed by atoms with E-state index in [1.54, 1.807) is 0 Å². The Bertz CT molecular complexity index is 713. The van der Waals surface area contributed by atoms with E-state index in [1.807, 2.05) is 0 Å². The third-order valence-electron chi connectivity index (χ3n) is 3.36. The summed E-state index contributed by atoms with van der Waals surface area (Å²) in [6.07, 6.45) is -14.7. The number of hydrogen-bond donors (Lipinski definition) is 9. The molecule has 172 valence electrons. The van der Waals surface area contributed by atoms with E-state index in [0.29, 0.717) is 0 Å². The van der Waals surface area contributed by atoms with Crippen LogP contribution in [0.1, 0.15) is 0 Å². The van der Waals surface area contributed by atoms with E-state index in [-0.39, 0.29) is 0 Å². The quantitative estimate of drug-likeness (QED) is 0.132. The van der Waals surface area contributed by atoms with Gasteiger partial charge in [-0.05, 0) is 0 Å². The summed E-state index contributed by atoms with van der Waals surface area (Å²) >= 11 is 0. The van der Waals surface area contributed by atoms with E-state index in [4.69, 9.17) is 24.7 Å². The van der Waals surface area contributed by atoms with Crippen LogP contribution in [0.5, 0.6) is 0 Å². The number of rotatable bonds is 10. The smallest absolute Gasteiger partial charge is 0.388 e. The maximum absolute atomic E-state index is 11.8. The van der Waals surface area contributed by atoms with Gasteiger partial charge in [0.05, 0.1) is 0 Å². The van der Waals surface area contributed by atoms with Gasteiger partial charge < -0.3 is 44.9 Å².